The van der Waals surface area contributed by atoms with Gasteiger partial charge in [0.15, 0.2) is 0 Å². The van der Waals surface area contributed by atoms with Crippen LogP contribution in [0.1, 0.15) is 20.8 Å². The molecule has 0 aliphatic rings. The molecule has 0 heterocycles. The Bertz CT molecular complexity index is 30.4. The first kappa shape index (κ1) is 16.6. The third kappa shape index (κ3) is 9.09. The van der Waals surface area contributed by atoms with Crippen LogP contribution in [0.15, 0.2) is 0 Å². The van der Waals surface area contributed by atoms with Crippen molar-refractivity contribution < 1.29 is 25.8 Å². The Balaban J connectivity index is -0.000000180. The standard InChI is InChI=1S/C6H15Si.CH3.Sc/c1-4-7(5-2)6-3;;/h4-6H2,1-3H3;1H3;/q;-1;. The molecule has 0 aromatic heterocycles. The Kier molecular flexibility index (Phi) is 21.8. The SMILES string of the molecule is CC[Si](CC)CC.[CH3-].[Sc]. The van der Waals surface area contributed by atoms with Crippen LogP contribution in [0.2, 0.25) is 18.1 Å². The van der Waals surface area contributed by atoms with E-state index >= 15 is 0 Å². The fraction of sp³-hybridized carbons (Fsp3) is 0.857. The van der Waals surface area contributed by atoms with E-state index in [2.05, 4.69) is 20.8 Å². The van der Waals surface area contributed by atoms with Crippen LogP contribution in [-0.2, 0) is 25.8 Å². The van der Waals surface area contributed by atoms with Crippen molar-refractivity contribution in [2.45, 2.75) is 38.9 Å². The van der Waals surface area contributed by atoms with Gasteiger partial charge in [-0.3, -0.25) is 0 Å². The van der Waals surface area contributed by atoms with Crippen LogP contribution in [0.5, 0.6) is 0 Å². The Hall–Kier alpha value is 1.09. The van der Waals surface area contributed by atoms with Gasteiger partial charge in [0.25, 0.3) is 0 Å². The van der Waals surface area contributed by atoms with Crippen molar-refractivity contribution in [1.82, 2.24) is 0 Å². The summed E-state index contributed by atoms with van der Waals surface area (Å²) >= 11 is 0. The van der Waals surface area contributed by atoms with Gasteiger partial charge in [-0.1, -0.05) is 38.9 Å². The topological polar surface area (TPSA) is 0 Å². The van der Waals surface area contributed by atoms with Gasteiger partial charge in [-0.15, -0.1) is 0 Å². The zero-order chi connectivity index (χ0) is 5.70. The fourth-order valence-electron chi connectivity index (χ4n) is 0.750. The van der Waals surface area contributed by atoms with Crippen molar-refractivity contribution in [3.8, 4) is 0 Å². The van der Waals surface area contributed by atoms with Crippen molar-refractivity contribution >= 4 is 8.80 Å². The molecular weight excluding hydrogens is 157 g/mol. The average molecular weight is 175 g/mol. The molecule has 0 aliphatic carbocycles. The van der Waals surface area contributed by atoms with E-state index in [1.165, 1.54) is 18.1 Å². The summed E-state index contributed by atoms with van der Waals surface area (Å²) in [5, 5.41) is 0. The first-order chi connectivity index (χ1) is 3.35. The molecule has 0 aromatic rings. The average Bonchev–Trinajstić information content (AvgIpc) is 1.72. The monoisotopic (exact) mass is 175 g/mol. The van der Waals surface area contributed by atoms with E-state index in [4.69, 9.17) is 0 Å². The van der Waals surface area contributed by atoms with Crippen LogP contribution < -0.4 is 0 Å². The third-order valence-corrected chi connectivity index (χ3v) is 4.50. The molecule has 0 amide bonds. The molecule has 2 heteroatoms. The van der Waals surface area contributed by atoms with E-state index in [0.29, 0.717) is 0 Å². The molecule has 0 unspecified atom stereocenters. The second-order valence-corrected chi connectivity index (χ2v) is 5.43. The smallest absolute Gasteiger partial charge is 0.0470 e. The molecule has 0 rings (SSSR count). The summed E-state index contributed by atoms with van der Waals surface area (Å²) in [5.74, 6) is 0. The van der Waals surface area contributed by atoms with Crippen molar-refractivity contribution in [3.05, 3.63) is 7.43 Å². The van der Waals surface area contributed by atoms with Crippen LogP contribution in [-0.4, -0.2) is 8.80 Å². The number of hydrogen-bond acceptors (Lipinski definition) is 0. The molecule has 0 fully saturated rings. The van der Waals surface area contributed by atoms with Gasteiger partial charge in [-0.05, 0) is 0 Å². The van der Waals surface area contributed by atoms with E-state index < -0.39 is 0 Å². The second kappa shape index (κ2) is 11.8. The first-order valence-electron chi connectivity index (χ1n) is 3.18. The number of hydrogen-bond donors (Lipinski definition) is 0. The molecule has 0 aliphatic heterocycles. The van der Waals surface area contributed by atoms with E-state index in [1.54, 1.807) is 0 Å². The summed E-state index contributed by atoms with van der Waals surface area (Å²) in [7, 11) is 0.137. The van der Waals surface area contributed by atoms with Gasteiger partial charge in [0.2, 0.25) is 0 Å². The molecule has 0 bridgehead atoms. The Morgan fingerprint density at radius 3 is 1.11 bits per heavy atom. The van der Waals surface area contributed by atoms with E-state index in [1.807, 2.05) is 0 Å². The first-order valence-corrected chi connectivity index (χ1v) is 5.30. The molecular formula is C7H18ScSi-. The molecule has 0 spiro atoms. The molecule has 0 N–H and O–H groups in total. The van der Waals surface area contributed by atoms with E-state index in [0.717, 1.165) is 0 Å². The third-order valence-electron chi connectivity index (χ3n) is 1.50. The predicted molar refractivity (Wildman–Crippen MR) is 43.6 cm³/mol. The minimum Gasteiger partial charge on any atom is -0.358 e. The van der Waals surface area contributed by atoms with Gasteiger partial charge in [0, 0.05) is 34.6 Å². The normalized spacial score (nSPS) is 8.00. The van der Waals surface area contributed by atoms with Gasteiger partial charge in [-0.2, -0.15) is 0 Å². The van der Waals surface area contributed by atoms with Gasteiger partial charge < -0.3 is 7.43 Å². The summed E-state index contributed by atoms with van der Waals surface area (Å²) in [6, 6.07) is 4.37. The van der Waals surface area contributed by atoms with Gasteiger partial charge >= 0.3 is 0 Å². The van der Waals surface area contributed by atoms with E-state index in [9.17, 15) is 0 Å². The van der Waals surface area contributed by atoms with Crippen molar-refractivity contribution in [3.63, 3.8) is 0 Å². The predicted octanol–water partition coefficient (Wildman–Crippen LogP) is 2.99. The molecule has 2 radical (unpaired) electrons. The summed E-state index contributed by atoms with van der Waals surface area (Å²) in [4.78, 5) is 0. The van der Waals surface area contributed by atoms with Crippen LogP contribution in [0.4, 0.5) is 0 Å². The van der Waals surface area contributed by atoms with Gasteiger partial charge in [-0.25, -0.2) is 0 Å². The second-order valence-electron chi connectivity index (χ2n) is 1.81. The summed E-state index contributed by atoms with van der Waals surface area (Å²) < 4.78 is 0. The summed E-state index contributed by atoms with van der Waals surface area (Å²) in [6.07, 6.45) is 0. The summed E-state index contributed by atoms with van der Waals surface area (Å²) in [6.45, 7) is 6.92. The molecule has 0 nitrogen and oxygen atoms in total. The largest absolute Gasteiger partial charge is 0.358 e. The Labute approximate surface area is 80.8 Å². The van der Waals surface area contributed by atoms with Gasteiger partial charge in [0.05, 0.1) is 0 Å². The maximum Gasteiger partial charge on any atom is 0.0470 e. The Morgan fingerprint density at radius 1 is 0.889 bits per heavy atom. The molecule has 0 aromatic carbocycles. The molecule has 0 saturated carbocycles. The maximum atomic E-state index is 2.31. The van der Waals surface area contributed by atoms with Crippen LogP contribution in [0, 0.1) is 7.43 Å². The zero-order valence-electron chi connectivity index (χ0n) is 7.20. The Morgan fingerprint density at radius 2 is 1.11 bits per heavy atom. The van der Waals surface area contributed by atoms with Crippen molar-refractivity contribution in [1.29, 1.82) is 0 Å². The quantitative estimate of drug-likeness (QED) is 0.457. The molecule has 54 valence electrons. The van der Waals surface area contributed by atoms with Crippen LogP contribution >= 0.6 is 0 Å². The fourth-order valence-corrected chi connectivity index (χ4v) is 2.25. The molecule has 0 saturated heterocycles. The van der Waals surface area contributed by atoms with Gasteiger partial charge in [0.1, 0.15) is 0 Å². The van der Waals surface area contributed by atoms with E-state index in [-0.39, 0.29) is 42.1 Å². The minimum absolute atomic E-state index is 0. The molecule has 9 heavy (non-hydrogen) atoms. The van der Waals surface area contributed by atoms with Crippen LogP contribution in [0.25, 0.3) is 0 Å². The van der Waals surface area contributed by atoms with Crippen molar-refractivity contribution in [2.24, 2.45) is 0 Å². The summed E-state index contributed by atoms with van der Waals surface area (Å²) in [5.41, 5.74) is 0. The minimum atomic E-state index is 0. The zero-order valence-corrected chi connectivity index (χ0v) is 10.0. The maximum absolute atomic E-state index is 2.31. The van der Waals surface area contributed by atoms with Crippen molar-refractivity contribution in [2.75, 3.05) is 0 Å². The van der Waals surface area contributed by atoms with Crippen LogP contribution in [0.3, 0.4) is 0 Å². The number of rotatable bonds is 3. The molecule has 0 atom stereocenters.